The van der Waals surface area contributed by atoms with Gasteiger partial charge in [0, 0.05) is 72.6 Å². The zero-order valence-corrected chi connectivity index (χ0v) is 39.1. The molecule has 0 unspecified atom stereocenters. The van der Waals surface area contributed by atoms with Gasteiger partial charge in [-0.05, 0) is 105 Å². The van der Waals surface area contributed by atoms with Gasteiger partial charge in [-0.3, -0.25) is 14.5 Å². The van der Waals surface area contributed by atoms with Gasteiger partial charge in [-0.2, -0.15) is 0 Å². The Morgan fingerprint density at radius 2 is 1.56 bits per heavy atom. The van der Waals surface area contributed by atoms with Crippen LogP contribution in [0.2, 0.25) is 0 Å². The van der Waals surface area contributed by atoms with E-state index >= 15 is 0 Å². The average Bonchev–Trinajstić information content (AvgIpc) is 3.78. The second kappa shape index (κ2) is 20.3. The number of amidine groups is 1. The van der Waals surface area contributed by atoms with Gasteiger partial charge in [0.25, 0.3) is 11.8 Å². The molecule has 5 aliphatic rings. The van der Waals surface area contributed by atoms with Crippen molar-refractivity contribution in [3.8, 4) is 0 Å². The summed E-state index contributed by atoms with van der Waals surface area (Å²) < 4.78 is 68.9. The lowest BCUT2D eigenvalue weighted by molar-refractivity contribution is -0.684. The number of fused-ring (bicyclic) bond motifs is 2. The van der Waals surface area contributed by atoms with Crippen molar-refractivity contribution in [1.29, 1.82) is 0 Å². The molecule has 346 valence electrons. The van der Waals surface area contributed by atoms with Crippen LogP contribution in [0.15, 0.2) is 98.4 Å². The minimum absolute atomic E-state index is 0.0373. The SMILES string of the molecule is CC1(C)C2=CC=CN(CCCCS(=O)(=O)[O-])C2=N/C1=C/C=C1\CN(CCCCCC(=O)ON2C(=O)CCC2=O)CC(/C=C/C2=Nc3c(ccc[n+]3CCCCS(=O)(=O)[O-])C2(C)C)=C1Cl. The van der Waals surface area contributed by atoms with Gasteiger partial charge in [-0.1, -0.05) is 50.1 Å². The molecule has 0 atom stereocenters. The number of allylic oxidation sites excluding steroid dienone is 6. The van der Waals surface area contributed by atoms with Gasteiger partial charge >= 0.3 is 11.8 Å². The lowest BCUT2D eigenvalue weighted by atomic mass is 9.81. The van der Waals surface area contributed by atoms with Gasteiger partial charge in [0.15, 0.2) is 5.71 Å². The van der Waals surface area contributed by atoms with E-state index in [2.05, 4.69) is 32.6 Å². The molecular formula is C45H56ClN6O10S2-. The molecule has 64 heavy (non-hydrogen) atoms. The number of nitrogens with zero attached hydrogens (tertiary/aromatic N) is 6. The summed E-state index contributed by atoms with van der Waals surface area (Å²) in [5.41, 5.74) is 4.54. The highest BCUT2D eigenvalue weighted by molar-refractivity contribution is 7.85. The molecule has 2 amide bonds. The van der Waals surface area contributed by atoms with E-state index in [1.165, 1.54) is 0 Å². The molecule has 0 N–H and O–H groups in total. The highest BCUT2D eigenvalue weighted by Gasteiger charge is 2.42. The number of aryl methyl sites for hydroxylation is 1. The summed E-state index contributed by atoms with van der Waals surface area (Å²) in [6.07, 6.45) is 19.4. The van der Waals surface area contributed by atoms with Crippen LogP contribution in [0, 0.1) is 5.41 Å². The molecule has 0 radical (unpaired) electrons. The van der Waals surface area contributed by atoms with E-state index in [0.717, 1.165) is 51.8 Å². The monoisotopic (exact) mass is 939 g/mol. The van der Waals surface area contributed by atoms with E-state index in [0.29, 0.717) is 68.5 Å². The molecule has 1 saturated heterocycles. The van der Waals surface area contributed by atoms with Gasteiger partial charge < -0.3 is 18.8 Å². The number of hydroxylamine groups is 2. The van der Waals surface area contributed by atoms with Crippen molar-refractivity contribution in [2.24, 2.45) is 15.4 Å². The number of carbonyl (C=O) groups is 3. The summed E-state index contributed by atoms with van der Waals surface area (Å²) in [6, 6.07) is 3.97. The molecule has 0 bridgehead atoms. The molecule has 16 nitrogen and oxygen atoms in total. The Morgan fingerprint density at radius 1 is 0.875 bits per heavy atom. The maximum atomic E-state index is 12.4. The minimum atomic E-state index is -4.29. The summed E-state index contributed by atoms with van der Waals surface area (Å²) in [7, 11) is -8.57. The Bertz CT molecular complexity index is 2500. The van der Waals surface area contributed by atoms with Crippen LogP contribution in [-0.4, -0.2) is 108 Å². The molecule has 0 saturated carbocycles. The Hall–Kier alpha value is -4.59. The number of rotatable bonds is 20. The number of aliphatic imine (C=N–C) groups is 2. The van der Waals surface area contributed by atoms with Crippen molar-refractivity contribution in [3.63, 3.8) is 0 Å². The number of carbonyl (C=O) groups excluding carboxylic acids is 3. The molecule has 5 aliphatic heterocycles. The fraction of sp³-hybridized carbons (Fsp3) is 0.511. The van der Waals surface area contributed by atoms with E-state index in [1.54, 1.807) is 0 Å². The highest BCUT2D eigenvalue weighted by Crippen LogP contribution is 2.44. The fourth-order valence-corrected chi connectivity index (χ4v) is 9.67. The van der Waals surface area contributed by atoms with Crippen molar-refractivity contribution in [1.82, 2.24) is 14.9 Å². The van der Waals surface area contributed by atoms with Gasteiger partial charge in [-0.25, -0.2) is 31.2 Å². The molecule has 19 heteroatoms. The number of hydrogen-bond acceptors (Lipinski definition) is 14. The Labute approximate surface area is 380 Å². The maximum absolute atomic E-state index is 12.4. The second-order valence-corrected chi connectivity index (χ2v) is 21.1. The second-order valence-electron chi connectivity index (χ2n) is 17.7. The van der Waals surface area contributed by atoms with Crippen molar-refractivity contribution < 1.29 is 49.7 Å². The Balaban J connectivity index is 1.21. The van der Waals surface area contributed by atoms with E-state index in [4.69, 9.17) is 26.4 Å². The van der Waals surface area contributed by atoms with E-state index in [-0.39, 0.29) is 32.1 Å². The molecule has 0 aliphatic carbocycles. The zero-order valence-electron chi connectivity index (χ0n) is 36.8. The van der Waals surface area contributed by atoms with Crippen molar-refractivity contribution >= 4 is 67.0 Å². The molecule has 0 spiro atoms. The Kier molecular flexibility index (Phi) is 15.5. The predicted octanol–water partition coefficient (Wildman–Crippen LogP) is 5.53. The zero-order chi connectivity index (χ0) is 46.5. The van der Waals surface area contributed by atoms with Gasteiger partial charge in [-0.15, -0.1) is 5.06 Å². The van der Waals surface area contributed by atoms with Gasteiger partial charge in [0.1, 0.15) is 5.84 Å². The van der Waals surface area contributed by atoms with Crippen LogP contribution >= 0.6 is 11.6 Å². The fourth-order valence-electron chi connectivity index (χ4n) is 8.31. The third kappa shape index (κ3) is 12.2. The van der Waals surface area contributed by atoms with E-state index in [9.17, 15) is 40.3 Å². The smallest absolute Gasteiger partial charge is 0.333 e. The standard InChI is InChI=1S/C45H57ClN6O10S2/c1-44(2)34-14-12-26-50(24-8-10-28-63(56,57)58)42(34)47-36(44)19-17-32-30-49(23-7-5-6-16-40(55)62-52-38(53)21-22-39(52)54)31-33(41(32)46)18-20-37-45(3,4)35-15-13-27-51(43(35)48-37)25-9-11-29-64(59,60)61/h12-15,17-20,26-27H,5-11,16,21-25,28-31H2,1-4H3,(H-,56,57,58,59,60,61)/p-1. The molecule has 1 aromatic heterocycles. The van der Waals surface area contributed by atoms with Gasteiger partial charge in [0.2, 0.25) is 0 Å². The van der Waals surface area contributed by atoms with E-state index in [1.807, 2.05) is 70.5 Å². The number of halogens is 1. The molecule has 1 fully saturated rings. The Morgan fingerprint density at radius 3 is 2.27 bits per heavy atom. The topological polar surface area (TPSA) is 213 Å². The number of aromatic nitrogens is 1. The van der Waals surface area contributed by atoms with Crippen molar-refractivity contribution in [2.45, 2.75) is 104 Å². The summed E-state index contributed by atoms with van der Waals surface area (Å²) in [6.45, 7) is 11.2. The molecule has 0 aromatic carbocycles. The molecular weight excluding hydrogens is 884 g/mol. The predicted molar refractivity (Wildman–Crippen MR) is 240 cm³/mol. The third-order valence-corrected chi connectivity index (χ3v) is 14.1. The van der Waals surface area contributed by atoms with Crippen LogP contribution < -0.4 is 4.57 Å². The lowest BCUT2D eigenvalue weighted by Crippen LogP contribution is -2.35. The van der Waals surface area contributed by atoms with Crippen LogP contribution in [-0.2, 0) is 51.4 Å². The van der Waals surface area contributed by atoms with Gasteiger partial charge in [0.05, 0.1) is 49.7 Å². The third-order valence-electron chi connectivity index (χ3n) is 12.0. The lowest BCUT2D eigenvalue weighted by Gasteiger charge is -2.30. The first kappa shape index (κ1) is 48.9. The van der Waals surface area contributed by atoms with Crippen LogP contribution in [0.5, 0.6) is 0 Å². The first-order valence-electron chi connectivity index (χ1n) is 21.7. The quantitative estimate of drug-likeness (QED) is 0.0684. The van der Waals surface area contributed by atoms with Crippen LogP contribution in [0.3, 0.4) is 0 Å². The molecule has 6 rings (SSSR count). The van der Waals surface area contributed by atoms with Crippen LogP contribution in [0.4, 0.5) is 5.82 Å². The number of unbranched alkanes of at least 4 members (excludes halogenated alkanes) is 4. The first-order chi connectivity index (χ1) is 30.1. The number of pyridine rings is 1. The summed E-state index contributed by atoms with van der Waals surface area (Å²) in [4.78, 5) is 55.5. The normalized spacial score (nSPS) is 21.0. The van der Waals surface area contributed by atoms with Crippen molar-refractivity contribution in [2.75, 3.05) is 37.7 Å². The largest absolute Gasteiger partial charge is 0.748 e. The number of amides is 2. The summed E-state index contributed by atoms with van der Waals surface area (Å²) in [5.74, 6) is -0.907. The van der Waals surface area contributed by atoms with E-state index < -0.39 is 60.4 Å². The number of imide groups is 1. The van der Waals surface area contributed by atoms with Crippen LogP contribution in [0.25, 0.3) is 0 Å². The first-order valence-corrected chi connectivity index (χ1v) is 25.2. The summed E-state index contributed by atoms with van der Waals surface area (Å²) >= 11 is 7.26. The minimum Gasteiger partial charge on any atom is -0.748 e. The maximum Gasteiger partial charge on any atom is 0.333 e. The highest BCUT2D eigenvalue weighted by atomic mass is 35.5. The van der Waals surface area contributed by atoms with Crippen LogP contribution in [0.1, 0.15) is 97.5 Å². The average molecular weight is 941 g/mol. The van der Waals surface area contributed by atoms with Crippen molar-refractivity contribution in [3.05, 3.63) is 94.0 Å². The molecule has 6 heterocycles. The number of hydrogen-bond donors (Lipinski definition) is 0. The summed E-state index contributed by atoms with van der Waals surface area (Å²) in [5, 5.41) is 1.17. The molecule has 1 aromatic rings.